The van der Waals surface area contributed by atoms with E-state index in [0.29, 0.717) is 49.0 Å². The second-order valence-corrected chi connectivity index (χ2v) is 10.2. The number of benzene rings is 3. The molecule has 2 aromatic heterocycles. The molecule has 0 unspecified atom stereocenters. The first kappa shape index (κ1) is 30.2. The number of carbonyl (C=O) groups is 1. The van der Waals surface area contributed by atoms with Crippen molar-refractivity contribution in [3.8, 4) is 39.4 Å². The van der Waals surface area contributed by atoms with Crippen LogP contribution in [0.15, 0.2) is 65.2 Å². The second-order valence-electron chi connectivity index (χ2n) is 9.17. The van der Waals surface area contributed by atoms with Gasteiger partial charge in [0.15, 0.2) is 16.6 Å². The van der Waals surface area contributed by atoms with Crippen LogP contribution in [0.5, 0.6) is 17.2 Å². The van der Waals surface area contributed by atoms with Gasteiger partial charge in [0, 0.05) is 29.1 Å². The normalized spacial score (nSPS) is 11.2. The lowest BCUT2D eigenvalue weighted by Crippen LogP contribution is -2.38. The predicted molar refractivity (Wildman–Crippen MR) is 159 cm³/mol. The number of aromatic nitrogens is 3. The van der Waals surface area contributed by atoms with Gasteiger partial charge in [-0.3, -0.25) is 9.69 Å². The van der Waals surface area contributed by atoms with Gasteiger partial charge in [0.25, 0.3) is 5.89 Å². The summed E-state index contributed by atoms with van der Waals surface area (Å²) in [6.45, 7) is 1.62. The smallest absolute Gasteiger partial charge is 0.472 e. The van der Waals surface area contributed by atoms with Crippen molar-refractivity contribution in [2.45, 2.75) is 13.1 Å². The van der Waals surface area contributed by atoms with E-state index < -0.39 is 12.1 Å². The first-order chi connectivity index (χ1) is 21.0. The van der Waals surface area contributed by atoms with Gasteiger partial charge in [-0.2, -0.15) is 18.2 Å². The third-order valence-electron chi connectivity index (χ3n) is 6.35. The fourth-order valence-corrected chi connectivity index (χ4v) is 5.17. The second kappa shape index (κ2) is 12.1. The maximum atomic E-state index is 13.6. The minimum absolute atomic E-state index is 0.0281. The van der Waals surface area contributed by atoms with E-state index in [-0.39, 0.29) is 28.9 Å². The number of hydrogen-bond donors (Lipinski definition) is 2. The van der Waals surface area contributed by atoms with Crippen molar-refractivity contribution in [1.29, 1.82) is 0 Å². The van der Waals surface area contributed by atoms with Crippen LogP contribution in [0.2, 0.25) is 0 Å². The Labute approximate surface area is 253 Å². The molecule has 0 saturated carbocycles. The van der Waals surface area contributed by atoms with Crippen molar-refractivity contribution in [3.05, 3.63) is 66.2 Å². The first-order valence-electron chi connectivity index (χ1n) is 12.8. The monoisotopic (exact) mass is 626 g/mol. The summed E-state index contributed by atoms with van der Waals surface area (Å²) in [6, 6.07) is 15.5. The summed E-state index contributed by atoms with van der Waals surface area (Å²) in [4.78, 5) is 22.2. The summed E-state index contributed by atoms with van der Waals surface area (Å²) in [5.74, 6) is -0.537. The molecule has 3 aromatic carbocycles. The third kappa shape index (κ3) is 5.94. The molecule has 0 bridgehead atoms. The van der Waals surface area contributed by atoms with E-state index >= 15 is 0 Å². The Morgan fingerprint density at radius 3 is 2.32 bits per heavy atom. The number of anilines is 5. The number of methoxy groups -OCH3 is 3. The van der Waals surface area contributed by atoms with Crippen LogP contribution in [0.4, 0.5) is 41.2 Å². The number of carbonyl (C=O) groups excluding carboxylic acids is 1. The zero-order chi connectivity index (χ0) is 31.6. The van der Waals surface area contributed by atoms with Crippen LogP contribution in [0.1, 0.15) is 5.56 Å². The summed E-state index contributed by atoms with van der Waals surface area (Å²) in [6.07, 6.45) is -5.12. The number of nitrogen functional groups attached to an aromatic ring is 1. The molecule has 5 aromatic rings. The quantitative estimate of drug-likeness (QED) is 0.181. The average molecular weight is 627 g/mol. The molecule has 3 N–H and O–H groups in total. The number of nitrogens with zero attached hydrogens (tertiary/aromatic N) is 4. The van der Waals surface area contributed by atoms with E-state index in [1.165, 1.54) is 45.6 Å². The summed E-state index contributed by atoms with van der Waals surface area (Å²) >= 11 is 1.13. The Hall–Kier alpha value is -5.31. The van der Waals surface area contributed by atoms with Gasteiger partial charge in [0.1, 0.15) is 10.7 Å². The Bertz CT molecular complexity index is 1800. The maximum absolute atomic E-state index is 13.6. The van der Waals surface area contributed by atoms with Crippen LogP contribution < -0.4 is 30.2 Å². The molecule has 0 saturated heterocycles. The summed E-state index contributed by atoms with van der Waals surface area (Å²) in [7, 11) is 4.49. The highest BCUT2D eigenvalue weighted by atomic mass is 32.1. The predicted octanol–water partition coefficient (Wildman–Crippen LogP) is 6.75. The minimum Gasteiger partial charge on any atom is -0.493 e. The molecule has 228 valence electrons. The highest BCUT2D eigenvalue weighted by molar-refractivity contribution is 7.19. The number of alkyl halides is 3. The summed E-state index contributed by atoms with van der Waals surface area (Å²) in [5.41, 5.74) is 7.59. The maximum Gasteiger partial charge on any atom is 0.472 e. The average Bonchev–Trinajstić information content (AvgIpc) is 3.64. The lowest BCUT2D eigenvalue weighted by molar-refractivity contribution is -0.169. The molecule has 0 spiro atoms. The SMILES string of the molecule is COc1cc(Nc2nc(N)c(-c3nc(-c4cccc(N(C(=O)C(F)(F)F)c5ccccc5C)c4)no3)s2)cc(OC)c1OC. The van der Waals surface area contributed by atoms with Crippen LogP contribution >= 0.6 is 11.3 Å². The Morgan fingerprint density at radius 2 is 1.68 bits per heavy atom. The number of aryl methyl sites for hydroxylation is 1. The van der Waals surface area contributed by atoms with Gasteiger partial charge in [-0.25, -0.2) is 4.98 Å². The molecule has 0 aliphatic rings. The van der Waals surface area contributed by atoms with Gasteiger partial charge in [-0.1, -0.05) is 46.8 Å². The van der Waals surface area contributed by atoms with Crippen LogP contribution in [0.25, 0.3) is 22.2 Å². The van der Waals surface area contributed by atoms with E-state index in [2.05, 4.69) is 20.4 Å². The van der Waals surface area contributed by atoms with E-state index in [1.807, 2.05) is 0 Å². The zero-order valence-electron chi connectivity index (χ0n) is 23.7. The number of thiazole rings is 1. The number of hydrogen-bond acceptors (Lipinski definition) is 11. The molecule has 15 heteroatoms. The summed E-state index contributed by atoms with van der Waals surface area (Å²) < 4.78 is 62.5. The Kier molecular flexibility index (Phi) is 8.31. The van der Waals surface area contributed by atoms with Gasteiger partial charge < -0.3 is 29.8 Å². The van der Waals surface area contributed by atoms with E-state index in [4.69, 9.17) is 24.5 Å². The molecular formula is C29H25F3N6O5S. The van der Waals surface area contributed by atoms with E-state index in [1.54, 1.807) is 43.3 Å². The van der Waals surface area contributed by atoms with Gasteiger partial charge >= 0.3 is 12.1 Å². The molecule has 5 rings (SSSR count). The Morgan fingerprint density at radius 1 is 0.977 bits per heavy atom. The molecule has 11 nitrogen and oxygen atoms in total. The first-order valence-corrected chi connectivity index (χ1v) is 13.6. The fourth-order valence-electron chi connectivity index (χ4n) is 4.34. The molecule has 0 aliphatic heterocycles. The van der Waals surface area contributed by atoms with Crippen molar-refractivity contribution in [1.82, 2.24) is 15.1 Å². The third-order valence-corrected chi connectivity index (χ3v) is 7.33. The molecule has 0 fully saturated rings. The molecule has 0 radical (unpaired) electrons. The number of rotatable bonds is 9. The lowest BCUT2D eigenvalue weighted by atomic mass is 10.1. The highest BCUT2D eigenvalue weighted by Crippen LogP contribution is 2.42. The van der Waals surface area contributed by atoms with Gasteiger partial charge in [-0.05, 0) is 30.7 Å². The van der Waals surface area contributed by atoms with Crippen LogP contribution in [-0.4, -0.2) is 48.5 Å². The van der Waals surface area contributed by atoms with Crippen LogP contribution in [0.3, 0.4) is 0 Å². The molecule has 44 heavy (non-hydrogen) atoms. The standard InChI is InChI=1S/C29H25F3N6O5S/c1-15-8-5-6-11-19(15)38(27(39)29(30,31)32)18-10-7-9-16(12-18)25-36-26(43-37-25)23-24(33)35-28(44-23)34-17-13-20(40-2)22(42-4)21(14-17)41-3/h5-14H,33H2,1-4H3,(H,34,35). The number of halogens is 3. The highest BCUT2D eigenvalue weighted by Gasteiger charge is 2.44. The fraction of sp³-hybridized carbons (Fsp3) is 0.172. The largest absolute Gasteiger partial charge is 0.493 e. The molecule has 1 amide bonds. The van der Waals surface area contributed by atoms with Crippen molar-refractivity contribution < 1.29 is 36.7 Å². The molecule has 0 atom stereocenters. The minimum atomic E-state index is -5.12. The van der Waals surface area contributed by atoms with Crippen molar-refractivity contribution in [2.24, 2.45) is 0 Å². The van der Waals surface area contributed by atoms with E-state index in [0.717, 1.165) is 11.3 Å². The van der Waals surface area contributed by atoms with Gasteiger partial charge in [0.05, 0.1) is 27.0 Å². The van der Waals surface area contributed by atoms with Crippen molar-refractivity contribution in [2.75, 3.05) is 37.3 Å². The van der Waals surface area contributed by atoms with Crippen molar-refractivity contribution in [3.63, 3.8) is 0 Å². The van der Waals surface area contributed by atoms with Gasteiger partial charge in [0.2, 0.25) is 11.6 Å². The van der Waals surface area contributed by atoms with E-state index in [9.17, 15) is 18.0 Å². The molecular weight excluding hydrogens is 601 g/mol. The molecule has 0 aliphatic carbocycles. The van der Waals surface area contributed by atoms with Crippen LogP contribution in [0, 0.1) is 6.92 Å². The number of amides is 1. The Balaban J connectivity index is 1.45. The number of para-hydroxylation sites is 1. The van der Waals surface area contributed by atoms with Crippen molar-refractivity contribution >= 4 is 45.3 Å². The molecule has 2 heterocycles. The number of ether oxygens (including phenoxy) is 3. The van der Waals surface area contributed by atoms with Crippen LogP contribution in [-0.2, 0) is 4.79 Å². The summed E-state index contributed by atoms with van der Waals surface area (Å²) in [5, 5.41) is 7.52. The zero-order valence-corrected chi connectivity index (χ0v) is 24.5. The number of nitrogens with one attached hydrogen (secondary N) is 1. The topological polar surface area (TPSA) is 138 Å². The number of nitrogens with two attached hydrogens (primary N) is 1. The lowest BCUT2D eigenvalue weighted by Gasteiger charge is -2.25. The van der Waals surface area contributed by atoms with Gasteiger partial charge in [-0.15, -0.1) is 0 Å².